The maximum atomic E-state index is 11.7. The number of nitrogens with one attached hydrogen (secondary N) is 2. The first-order chi connectivity index (χ1) is 9.13. The molecular formula is C14H19N3O2. The van der Waals surface area contributed by atoms with E-state index in [4.69, 9.17) is 0 Å². The summed E-state index contributed by atoms with van der Waals surface area (Å²) < 4.78 is 0. The minimum Gasteiger partial charge on any atom is -0.355 e. The molecule has 1 atom stereocenters. The average Bonchev–Trinajstić information content (AvgIpc) is 2.46. The quantitative estimate of drug-likeness (QED) is 0.817. The van der Waals surface area contributed by atoms with Gasteiger partial charge in [0.2, 0.25) is 5.91 Å². The van der Waals surface area contributed by atoms with Gasteiger partial charge in [-0.2, -0.15) is 0 Å². The van der Waals surface area contributed by atoms with E-state index in [-0.39, 0.29) is 17.9 Å². The van der Waals surface area contributed by atoms with Gasteiger partial charge in [0.15, 0.2) is 0 Å². The fraction of sp³-hybridized carbons (Fsp3) is 0.429. The number of amides is 2. The molecule has 0 aromatic heterocycles. The van der Waals surface area contributed by atoms with Crippen LogP contribution in [0.2, 0.25) is 0 Å². The van der Waals surface area contributed by atoms with Crippen LogP contribution in [-0.2, 0) is 4.79 Å². The first kappa shape index (κ1) is 13.5. The molecule has 1 saturated heterocycles. The number of benzene rings is 1. The van der Waals surface area contributed by atoms with E-state index < -0.39 is 0 Å². The summed E-state index contributed by atoms with van der Waals surface area (Å²) in [6, 6.07) is 7.44. The van der Waals surface area contributed by atoms with Crippen LogP contribution in [0, 0.1) is 0 Å². The van der Waals surface area contributed by atoms with Crippen molar-refractivity contribution in [1.82, 2.24) is 15.5 Å². The summed E-state index contributed by atoms with van der Waals surface area (Å²) in [5, 5.41) is 5.90. The molecule has 0 unspecified atom stereocenters. The van der Waals surface area contributed by atoms with E-state index in [1.54, 1.807) is 20.0 Å². The van der Waals surface area contributed by atoms with Gasteiger partial charge in [-0.3, -0.25) is 9.59 Å². The van der Waals surface area contributed by atoms with Crippen LogP contribution in [0.4, 0.5) is 0 Å². The Kier molecular flexibility index (Phi) is 4.16. The molecule has 1 aliphatic heterocycles. The van der Waals surface area contributed by atoms with Crippen LogP contribution in [0.15, 0.2) is 24.3 Å². The average molecular weight is 261 g/mol. The molecule has 0 bridgehead atoms. The second-order valence-corrected chi connectivity index (χ2v) is 4.64. The lowest BCUT2D eigenvalue weighted by atomic mass is 10.0. The van der Waals surface area contributed by atoms with Crippen molar-refractivity contribution in [3.63, 3.8) is 0 Å². The van der Waals surface area contributed by atoms with Crippen LogP contribution in [0.3, 0.4) is 0 Å². The van der Waals surface area contributed by atoms with Gasteiger partial charge in [0.05, 0.1) is 6.04 Å². The summed E-state index contributed by atoms with van der Waals surface area (Å²) >= 11 is 0. The van der Waals surface area contributed by atoms with Crippen molar-refractivity contribution in [3.05, 3.63) is 35.4 Å². The number of hydrogen-bond acceptors (Lipinski definition) is 3. The van der Waals surface area contributed by atoms with E-state index in [9.17, 15) is 9.59 Å². The maximum Gasteiger partial charge on any atom is 0.251 e. The molecule has 5 nitrogen and oxygen atoms in total. The number of piperazine rings is 1. The zero-order chi connectivity index (χ0) is 13.8. The second-order valence-electron chi connectivity index (χ2n) is 4.64. The highest BCUT2D eigenvalue weighted by Gasteiger charge is 2.25. The summed E-state index contributed by atoms with van der Waals surface area (Å²) in [6.45, 7) is 3.81. The van der Waals surface area contributed by atoms with Crippen LogP contribution in [-0.4, -0.2) is 43.4 Å². The largest absolute Gasteiger partial charge is 0.355 e. The van der Waals surface area contributed by atoms with Crippen molar-refractivity contribution in [1.29, 1.82) is 0 Å². The lowest BCUT2D eigenvalue weighted by Gasteiger charge is -2.36. The van der Waals surface area contributed by atoms with E-state index in [1.807, 2.05) is 23.1 Å². The molecule has 2 amide bonds. The molecule has 102 valence electrons. The highest BCUT2D eigenvalue weighted by atomic mass is 16.2. The van der Waals surface area contributed by atoms with Gasteiger partial charge in [-0.1, -0.05) is 12.1 Å². The van der Waals surface area contributed by atoms with E-state index in [1.165, 1.54) is 0 Å². The van der Waals surface area contributed by atoms with Crippen molar-refractivity contribution in [3.8, 4) is 0 Å². The Hall–Kier alpha value is -1.88. The fourth-order valence-corrected chi connectivity index (χ4v) is 2.41. The van der Waals surface area contributed by atoms with Crippen LogP contribution in [0.25, 0.3) is 0 Å². The van der Waals surface area contributed by atoms with Crippen molar-refractivity contribution in [2.45, 2.75) is 13.0 Å². The third-order valence-corrected chi connectivity index (χ3v) is 3.41. The van der Waals surface area contributed by atoms with E-state index >= 15 is 0 Å². The minimum atomic E-state index is -0.111. The number of carbonyl (C=O) groups is 2. The van der Waals surface area contributed by atoms with Gasteiger partial charge < -0.3 is 15.5 Å². The van der Waals surface area contributed by atoms with E-state index in [0.29, 0.717) is 12.1 Å². The summed E-state index contributed by atoms with van der Waals surface area (Å²) in [5.41, 5.74) is 1.61. The second kappa shape index (κ2) is 5.84. The Bertz CT molecular complexity index is 487. The summed E-state index contributed by atoms with van der Waals surface area (Å²) in [4.78, 5) is 25.2. The van der Waals surface area contributed by atoms with Gasteiger partial charge in [0.25, 0.3) is 5.91 Å². The molecule has 1 heterocycles. The van der Waals surface area contributed by atoms with Crippen molar-refractivity contribution >= 4 is 11.8 Å². The molecule has 0 radical (unpaired) electrons. The van der Waals surface area contributed by atoms with Gasteiger partial charge in [-0.05, 0) is 17.7 Å². The topological polar surface area (TPSA) is 61.4 Å². The van der Waals surface area contributed by atoms with E-state index in [2.05, 4.69) is 10.6 Å². The lowest BCUT2D eigenvalue weighted by Crippen LogP contribution is -2.47. The van der Waals surface area contributed by atoms with Gasteiger partial charge in [0, 0.05) is 39.2 Å². The maximum absolute atomic E-state index is 11.7. The standard InChI is InChI=1S/C14H19N3O2/c1-10(18)17-7-6-16-9-13(17)11-4-3-5-12(8-11)14(19)15-2/h3-5,8,13,16H,6-7,9H2,1-2H3,(H,15,19)/t13-/m1/s1. The number of rotatable bonds is 2. The van der Waals surface area contributed by atoms with Crippen LogP contribution >= 0.6 is 0 Å². The number of nitrogens with zero attached hydrogens (tertiary/aromatic N) is 1. The molecule has 0 spiro atoms. The Labute approximate surface area is 113 Å². The molecule has 0 saturated carbocycles. The highest BCUT2D eigenvalue weighted by Crippen LogP contribution is 2.23. The van der Waals surface area contributed by atoms with Crippen molar-refractivity contribution in [2.75, 3.05) is 26.7 Å². The smallest absolute Gasteiger partial charge is 0.251 e. The predicted molar refractivity (Wildman–Crippen MR) is 72.8 cm³/mol. The molecule has 5 heteroatoms. The van der Waals surface area contributed by atoms with Crippen LogP contribution < -0.4 is 10.6 Å². The SMILES string of the molecule is CNC(=O)c1cccc([C@H]2CNCCN2C(C)=O)c1. The normalized spacial score (nSPS) is 19.1. The molecule has 1 aromatic carbocycles. The van der Waals surface area contributed by atoms with Gasteiger partial charge in [-0.25, -0.2) is 0 Å². The first-order valence-electron chi connectivity index (χ1n) is 6.43. The highest BCUT2D eigenvalue weighted by molar-refractivity contribution is 5.94. The summed E-state index contributed by atoms with van der Waals surface area (Å²) in [7, 11) is 1.61. The Morgan fingerprint density at radius 1 is 1.42 bits per heavy atom. The summed E-state index contributed by atoms with van der Waals surface area (Å²) in [6.07, 6.45) is 0. The number of carbonyl (C=O) groups excluding carboxylic acids is 2. The van der Waals surface area contributed by atoms with Crippen molar-refractivity contribution in [2.24, 2.45) is 0 Å². The summed E-state index contributed by atoms with van der Waals surface area (Å²) in [5.74, 6) is -0.0446. The predicted octanol–water partition coefficient (Wildman–Crippen LogP) is 0.539. The third kappa shape index (κ3) is 2.93. The minimum absolute atomic E-state index is 0.00384. The molecule has 1 aromatic rings. The van der Waals surface area contributed by atoms with Crippen molar-refractivity contribution < 1.29 is 9.59 Å². The van der Waals surface area contributed by atoms with Gasteiger partial charge >= 0.3 is 0 Å². The zero-order valence-electron chi connectivity index (χ0n) is 11.3. The number of hydrogen-bond donors (Lipinski definition) is 2. The Morgan fingerprint density at radius 2 is 2.21 bits per heavy atom. The molecule has 0 aliphatic carbocycles. The lowest BCUT2D eigenvalue weighted by molar-refractivity contribution is -0.132. The third-order valence-electron chi connectivity index (χ3n) is 3.41. The molecular weight excluding hydrogens is 242 g/mol. The zero-order valence-corrected chi connectivity index (χ0v) is 11.3. The fourth-order valence-electron chi connectivity index (χ4n) is 2.41. The van der Waals surface area contributed by atoms with E-state index in [0.717, 1.165) is 18.7 Å². The Balaban J connectivity index is 2.29. The molecule has 1 fully saturated rings. The molecule has 19 heavy (non-hydrogen) atoms. The molecule has 2 N–H and O–H groups in total. The molecule has 2 rings (SSSR count). The first-order valence-corrected chi connectivity index (χ1v) is 6.43. The van der Waals surface area contributed by atoms with Crippen LogP contribution in [0.5, 0.6) is 0 Å². The van der Waals surface area contributed by atoms with Gasteiger partial charge in [-0.15, -0.1) is 0 Å². The van der Waals surface area contributed by atoms with Crippen LogP contribution in [0.1, 0.15) is 28.9 Å². The van der Waals surface area contributed by atoms with Gasteiger partial charge in [0.1, 0.15) is 0 Å². The monoisotopic (exact) mass is 261 g/mol. The molecule has 1 aliphatic rings. The Morgan fingerprint density at radius 3 is 2.89 bits per heavy atom.